The summed E-state index contributed by atoms with van der Waals surface area (Å²) in [4.78, 5) is 21.3. The number of carbonyl (C=O) groups is 2. The Labute approximate surface area is 87.0 Å². The fraction of sp³-hybridized carbons (Fsp3) is 0.750. The number of esters is 1. The Balaban J connectivity index is 3.54. The van der Waals surface area contributed by atoms with E-state index in [1.165, 1.54) is 0 Å². The zero-order valence-electron chi connectivity index (χ0n) is 8.23. The van der Waals surface area contributed by atoms with Crippen LogP contribution in [0.1, 0.15) is 13.8 Å². The first-order valence-corrected chi connectivity index (χ1v) is 5.34. The highest BCUT2D eigenvalue weighted by Gasteiger charge is 2.12. The van der Waals surface area contributed by atoms with Crippen LogP contribution in [-0.4, -0.2) is 40.7 Å². The molecule has 0 aliphatic carbocycles. The fourth-order valence-electron chi connectivity index (χ4n) is 0.637. The van der Waals surface area contributed by atoms with Crippen LogP contribution < -0.4 is 5.73 Å². The smallest absolute Gasteiger partial charge is 0.321 e. The molecule has 0 aliphatic rings. The molecule has 3 N–H and O–H groups in total. The number of nitrogens with two attached hydrogens (primary N) is 1. The van der Waals surface area contributed by atoms with Crippen LogP contribution in [0.25, 0.3) is 0 Å². The maximum atomic E-state index is 11.0. The molecular weight excluding hydrogens is 206 g/mol. The zero-order chi connectivity index (χ0) is 11.1. The summed E-state index contributed by atoms with van der Waals surface area (Å²) in [6.07, 6.45) is -0.142. The molecule has 1 atom stereocenters. The molecule has 82 valence electrons. The van der Waals surface area contributed by atoms with Gasteiger partial charge in [-0.15, -0.1) is 11.8 Å². The summed E-state index contributed by atoms with van der Waals surface area (Å²) in [5.74, 6) is -1.06. The molecule has 0 aromatic rings. The van der Waals surface area contributed by atoms with Crippen molar-refractivity contribution in [1.82, 2.24) is 0 Å². The van der Waals surface area contributed by atoms with E-state index in [0.717, 1.165) is 11.8 Å². The van der Waals surface area contributed by atoms with Crippen LogP contribution in [0, 0.1) is 0 Å². The molecule has 0 aromatic heterocycles. The molecule has 0 heterocycles. The molecule has 0 unspecified atom stereocenters. The van der Waals surface area contributed by atoms with Gasteiger partial charge in [-0.2, -0.15) is 0 Å². The van der Waals surface area contributed by atoms with Crippen LogP contribution in [0.15, 0.2) is 0 Å². The van der Waals surface area contributed by atoms with E-state index in [-0.39, 0.29) is 23.6 Å². The second-order valence-corrected chi connectivity index (χ2v) is 4.03. The molecule has 6 heteroatoms. The molecule has 0 rings (SSSR count). The molecule has 0 saturated carbocycles. The second kappa shape index (κ2) is 6.67. The Morgan fingerprint density at radius 2 is 2.07 bits per heavy atom. The van der Waals surface area contributed by atoms with Crippen molar-refractivity contribution in [3.8, 4) is 0 Å². The van der Waals surface area contributed by atoms with Gasteiger partial charge >= 0.3 is 11.9 Å². The zero-order valence-corrected chi connectivity index (χ0v) is 9.04. The van der Waals surface area contributed by atoms with Gasteiger partial charge in [0.25, 0.3) is 0 Å². The van der Waals surface area contributed by atoms with E-state index in [4.69, 9.17) is 15.6 Å². The molecule has 0 amide bonds. The summed E-state index contributed by atoms with van der Waals surface area (Å²) in [5, 5.41) is 8.44. The van der Waals surface area contributed by atoms with Crippen molar-refractivity contribution in [1.29, 1.82) is 0 Å². The van der Waals surface area contributed by atoms with E-state index in [1.54, 1.807) is 13.8 Å². The lowest BCUT2D eigenvalue weighted by molar-refractivity contribution is -0.144. The summed E-state index contributed by atoms with van der Waals surface area (Å²) >= 11 is 1.16. The summed E-state index contributed by atoms with van der Waals surface area (Å²) in [5.41, 5.74) is 5.23. The molecule has 0 bridgehead atoms. The third-order valence-electron chi connectivity index (χ3n) is 1.20. The van der Waals surface area contributed by atoms with Gasteiger partial charge in [0.2, 0.25) is 0 Å². The van der Waals surface area contributed by atoms with Crippen molar-refractivity contribution < 1.29 is 19.4 Å². The molecule has 0 aliphatic heterocycles. The summed E-state index contributed by atoms with van der Waals surface area (Å²) < 4.78 is 4.84. The highest BCUT2D eigenvalue weighted by atomic mass is 32.2. The number of hydrogen-bond donors (Lipinski definition) is 2. The van der Waals surface area contributed by atoms with E-state index >= 15 is 0 Å². The summed E-state index contributed by atoms with van der Waals surface area (Å²) in [6, 6.07) is -0.924. The van der Waals surface area contributed by atoms with Gasteiger partial charge in [-0.3, -0.25) is 9.59 Å². The standard InChI is InChI=1S/C8H15NO4S/c1-5(2)13-7(10)4-14-3-6(9)8(11)12/h5-6H,3-4,9H2,1-2H3,(H,11,12)/t6-/m0/s1. The topological polar surface area (TPSA) is 89.6 Å². The minimum Gasteiger partial charge on any atom is -0.480 e. The van der Waals surface area contributed by atoms with E-state index in [0.29, 0.717) is 0 Å². The SMILES string of the molecule is CC(C)OC(=O)CSC[C@H](N)C(=O)O. The lowest BCUT2D eigenvalue weighted by Gasteiger charge is -2.08. The first-order chi connectivity index (χ1) is 6.43. The van der Waals surface area contributed by atoms with Gasteiger partial charge in [0.1, 0.15) is 6.04 Å². The van der Waals surface area contributed by atoms with Crippen molar-refractivity contribution in [3.63, 3.8) is 0 Å². The highest BCUT2D eigenvalue weighted by molar-refractivity contribution is 8.00. The third kappa shape index (κ3) is 6.73. The molecular formula is C8H15NO4S. The van der Waals surface area contributed by atoms with E-state index in [2.05, 4.69) is 0 Å². The Morgan fingerprint density at radius 3 is 2.50 bits per heavy atom. The maximum absolute atomic E-state index is 11.0. The predicted octanol–water partition coefficient (Wildman–Crippen LogP) is 0.0831. The van der Waals surface area contributed by atoms with Gasteiger partial charge in [0, 0.05) is 5.75 Å². The van der Waals surface area contributed by atoms with Crippen molar-refractivity contribution in [2.24, 2.45) is 5.73 Å². The van der Waals surface area contributed by atoms with Crippen molar-refractivity contribution >= 4 is 23.7 Å². The van der Waals surface area contributed by atoms with Crippen molar-refractivity contribution in [3.05, 3.63) is 0 Å². The van der Waals surface area contributed by atoms with E-state index < -0.39 is 12.0 Å². The van der Waals surface area contributed by atoms with Crippen molar-refractivity contribution in [2.75, 3.05) is 11.5 Å². The monoisotopic (exact) mass is 221 g/mol. The maximum Gasteiger partial charge on any atom is 0.321 e. The van der Waals surface area contributed by atoms with Crippen LogP contribution in [0.4, 0.5) is 0 Å². The number of ether oxygens (including phenoxy) is 1. The minimum atomic E-state index is -1.06. The van der Waals surface area contributed by atoms with Gasteiger partial charge in [0.15, 0.2) is 0 Å². The molecule has 0 spiro atoms. The first kappa shape index (κ1) is 13.2. The Kier molecular flexibility index (Phi) is 6.31. The molecule has 0 aromatic carbocycles. The predicted molar refractivity (Wildman–Crippen MR) is 54.2 cm³/mol. The average Bonchev–Trinajstić information content (AvgIpc) is 2.02. The Bertz CT molecular complexity index is 208. The van der Waals surface area contributed by atoms with Crippen LogP contribution in [0.5, 0.6) is 0 Å². The van der Waals surface area contributed by atoms with Gasteiger partial charge in [-0.05, 0) is 13.8 Å². The molecule has 0 fully saturated rings. The van der Waals surface area contributed by atoms with Crippen LogP contribution >= 0.6 is 11.8 Å². The quantitative estimate of drug-likeness (QED) is 0.617. The van der Waals surface area contributed by atoms with Gasteiger partial charge in [-0.1, -0.05) is 0 Å². The number of rotatable bonds is 6. The molecule has 0 saturated heterocycles. The number of carbonyl (C=O) groups excluding carboxylic acids is 1. The first-order valence-electron chi connectivity index (χ1n) is 4.19. The molecule has 5 nitrogen and oxygen atoms in total. The van der Waals surface area contributed by atoms with E-state index in [9.17, 15) is 9.59 Å². The minimum absolute atomic E-state index is 0.138. The number of aliphatic carboxylic acids is 1. The number of carboxylic acid groups (broad SMARTS) is 1. The van der Waals surface area contributed by atoms with Crippen LogP contribution in [-0.2, 0) is 14.3 Å². The number of hydrogen-bond acceptors (Lipinski definition) is 5. The number of thioether (sulfide) groups is 1. The van der Waals surface area contributed by atoms with Crippen LogP contribution in [0.2, 0.25) is 0 Å². The number of carboxylic acids is 1. The summed E-state index contributed by atoms with van der Waals surface area (Å²) in [7, 11) is 0. The largest absolute Gasteiger partial charge is 0.480 e. The fourth-order valence-corrected chi connectivity index (χ4v) is 1.39. The third-order valence-corrected chi connectivity index (χ3v) is 2.24. The lowest BCUT2D eigenvalue weighted by Crippen LogP contribution is -2.32. The van der Waals surface area contributed by atoms with Gasteiger partial charge in [0.05, 0.1) is 11.9 Å². The van der Waals surface area contributed by atoms with Gasteiger partial charge in [-0.25, -0.2) is 0 Å². The van der Waals surface area contributed by atoms with Gasteiger partial charge < -0.3 is 15.6 Å². The second-order valence-electron chi connectivity index (χ2n) is 3.00. The van der Waals surface area contributed by atoms with Crippen LogP contribution in [0.3, 0.4) is 0 Å². The average molecular weight is 221 g/mol. The Morgan fingerprint density at radius 1 is 1.50 bits per heavy atom. The Hall–Kier alpha value is -0.750. The normalized spacial score (nSPS) is 12.6. The van der Waals surface area contributed by atoms with E-state index in [1.807, 2.05) is 0 Å². The molecule has 14 heavy (non-hydrogen) atoms. The molecule has 0 radical (unpaired) electrons. The lowest BCUT2D eigenvalue weighted by atomic mass is 10.4. The summed E-state index contributed by atoms with van der Waals surface area (Å²) in [6.45, 7) is 3.51. The van der Waals surface area contributed by atoms with Crippen molar-refractivity contribution in [2.45, 2.75) is 26.0 Å². The highest BCUT2D eigenvalue weighted by Crippen LogP contribution is 2.03.